The molecule has 4 heterocycles. The average molecular weight is 289 g/mol. The van der Waals surface area contributed by atoms with Gasteiger partial charge in [0.05, 0.1) is 6.04 Å². The Hall–Kier alpha value is -1.04. The van der Waals surface area contributed by atoms with Gasteiger partial charge in [-0.1, -0.05) is 6.92 Å². The molecule has 5 nitrogen and oxygen atoms in total. The highest BCUT2D eigenvalue weighted by atomic mass is 15.4. The van der Waals surface area contributed by atoms with Gasteiger partial charge >= 0.3 is 0 Å². The summed E-state index contributed by atoms with van der Waals surface area (Å²) >= 11 is 0. The van der Waals surface area contributed by atoms with E-state index in [9.17, 15) is 0 Å². The first-order valence-electron chi connectivity index (χ1n) is 8.20. The summed E-state index contributed by atoms with van der Waals surface area (Å²) in [6, 6.07) is 0.396. The fraction of sp³-hybridized carbons (Fsp3) is 0.750. The van der Waals surface area contributed by atoms with E-state index in [2.05, 4.69) is 35.9 Å². The van der Waals surface area contributed by atoms with Crippen molar-refractivity contribution in [1.29, 1.82) is 0 Å². The molecule has 5 heteroatoms. The predicted octanol–water partition coefficient (Wildman–Crippen LogP) is 0.918. The standard InChI is InChI=1S/C16H27N5/c1-4-17-6-5-14-12(2)18-16(19-13(14)3)15-11-20-7-9-21(15)10-8-20/h15,17H,4-11H2,1-3H3. The second kappa shape index (κ2) is 6.38. The smallest absolute Gasteiger partial charge is 0.147 e. The number of nitrogens with one attached hydrogen (secondary N) is 1. The molecule has 1 aromatic rings. The zero-order chi connectivity index (χ0) is 14.8. The molecule has 0 radical (unpaired) electrons. The van der Waals surface area contributed by atoms with Gasteiger partial charge < -0.3 is 5.32 Å². The zero-order valence-electron chi connectivity index (χ0n) is 13.5. The molecule has 3 saturated heterocycles. The number of rotatable bonds is 5. The number of likely N-dealkylation sites (N-methyl/N-ethyl adjacent to an activating group) is 1. The van der Waals surface area contributed by atoms with Crippen molar-refractivity contribution in [3.8, 4) is 0 Å². The van der Waals surface area contributed by atoms with Crippen LogP contribution in [0.5, 0.6) is 0 Å². The predicted molar refractivity (Wildman–Crippen MR) is 84.5 cm³/mol. The first-order valence-corrected chi connectivity index (χ1v) is 8.20. The van der Waals surface area contributed by atoms with Crippen LogP contribution in [0.25, 0.3) is 0 Å². The summed E-state index contributed by atoms with van der Waals surface area (Å²) in [5.74, 6) is 1.03. The Balaban J connectivity index is 1.78. The van der Waals surface area contributed by atoms with Crippen LogP contribution in [0.1, 0.15) is 35.7 Å². The monoisotopic (exact) mass is 289 g/mol. The van der Waals surface area contributed by atoms with Gasteiger partial charge in [-0.15, -0.1) is 0 Å². The Bertz CT molecular complexity index is 470. The summed E-state index contributed by atoms with van der Waals surface area (Å²) in [4.78, 5) is 14.8. The summed E-state index contributed by atoms with van der Waals surface area (Å²) in [5.41, 5.74) is 3.64. The first-order chi connectivity index (χ1) is 10.2. The fourth-order valence-electron chi connectivity index (χ4n) is 3.53. The van der Waals surface area contributed by atoms with Crippen molar-refractivity contribution in [1.82, 2.24) is 25.1 Å². The molecule has 1 atom stereocenters. The van der Waals surface area contributed by atoms with E-state index in [-0.39, 0.29) is 0 Å². The Morgan fingerprint density at radius 3 is 2.29 bits per heavy atom. The molecule has 0 aromatic carbocycles. The van der Waals surface area contributed by atoms with E-state index in [0.29, 0.717) is 6.04 Å². The maximum Gasteiger partial charge on any atom is 0.147 e. The van der Waals surface area contributed by atoms with Crippen LogP contribution in [0.2, 0.25) is 0 Å². The van der Waals surface area contributed by atoms with Crippen molar-refractivity contribution in [2.75, 3.05) is 45.8 Å². The second-order valence-electron chi connectivity index (χ2n) is 6.19. The third kappa shape index (κ3) is 3.10. The molecule has 3 fully saturated rings. The van der Waals surface area contributed by atoms with Crippen LogP contribution < -0.4 is 5.32 Å². The Labute approximate surface area is 127 Å². The number of piperazine rings is 3. The van der Waals surface area contributed by atoms with Crippen LogP contribution in [0.3, 0.4) is 0 Å². The van der Waals surface area contributed by atoms with Crippen molar-refractivity contribution in [2.24, 2.45) is 0 Å². The summed E-state index contributed by atoms with van der Waals surface area (Å²) in [6.07, 6.45) is 1.02. The number of hydrogen-bond donors (Lipinski definition) is 1. The molecular formula is C16H27N5. The molecular weight excluding hydrogens is 262 g/mol. The highest BCUT2D eigenvalue weighted by molar-refractivity contribution is 5.26. The quantitative estimate of drug-likeness (QED) is 0.817. The van der Waals surface area contributed by atoms with Crippen molar-refractivity contribution in [3.05, 3.63) is 22.8 Å². The summed E-state index contributed by atoms with van der Waals surface area (Å²) in [5, 5.41) is 3.38. The minimum atomic E-state index is 0.396. The van der Waals surface area contributed by atoms with E-state index in [1.54, 1.807) is 0 Å². The Kier molecular flexibility index (Phi) is 4.52. The number of nitrogens with zero attached hydrogens (tertiary/aromatic N) is 4. The van der Waals surface area contributed by atoms with Gasteiger partial charge in [0.25, 0.3) is 0 Å². The SMILES string of the molecule is CCNCCc1c(C)nc(C2CN3CCN2CC3)nc1C. The average Bonchev–Trinajstić information content (AvgIpc) is 2.51. The molecule has 3 aliphatic heterocycles. The van der Waals surface area contributed by atoms with E-state index >= 15 is 0 Å². The van der Waals surface area contributed by atoms with Gasteiger partial charge in [-0.3, -0.25) is 9.80 Å². The van der Waals surface area contributed by atoms with Gasteiger partial charge in [0.15, 0.2) is 0 Å². The second-order valence-corrected chi connectivity index (χ2v) is 6.19. The molecule has 1 unspecified atom stereocenters. The Morgan fingerprint density at radius 1 is 1.10 bits per heavy atom. The van der Waals surface area contributed by atoms with Crippen LogP contribution in [-0.2, 0) is 6.42 Å². The third-order valence-corrected chi connectivity index (χ3v) is 4.82. The molecule has 1 N–H and O–H groups in total. The van der Waals surface area contributed by atoms with Crippen molar-refractivity contribution in [3.63, 3.8) is 0 Å². The lowest BCUT2D eigenvalue weighted by atomic mass is 10.0. The minimum absolute atomic E-state index is 0.396. The molecule has 116 valence electrons. The van der Waals surface area contributed by atoms with Crippen molar-refractivity contribution < 1.29 is 0 Å². The molecule has 0 spiro atoms. The van der Waals surface area contributed by atoms with Crippen LogP contribution >= 0.6 is 0 Å². The third-order valence-electron chi connectivity index (χ3n) is 4.82. The zero-order valence-corrected chi connectivity index (χ0v) is 13.5. The molecule has 0 saturated carbocycles. The molecule has 1 aromatic heterocycles. The number of fused-ring (bicyclic) bond motifs is 3. The van der Waals surface area contributed by atoms with E-state index in [1.807, 2.05) is 0 Å². The topological polar surface area (TPSA) is 44.3 Å². The molecule has 21 heavy (non-hydrogen) atoms. The normalized spacial score (nSPS) is 28.0. The van der Waals surface area contributed by atoms with Crippen molar-refractivity contribution in [2.45, 2.75) is 33.2 Å². The summed E-state index contributed by atoms with van der Waals surface area (Å²) < 4.78 is 0. The highest BCUT2D eigenvalue weighted by Gasteiger charge is 2.34. The van der Waals surface area contributed by atoms with Gasteiger partial charge in [-0.25, -0.2) is 9.97 Å². The number of aryl methyl sites for hydroxylation is 2. The van der Waals surface area contributed by atoms with Crippen molar-refractivity contribution >= 4 is 0 Å². The molecule has 3 aliphatic rings. The largest absolute Gasteiger partial charge is 0.317 e. The minimum Gasteiger partial charge on any atom is -0.317 e. The van der Waals surface area contributed by atoms with Gasteiger partial charge in [-0.2, -0.15) is 0 Å². The maximum absolute atomic E-state index is 4.85. The van der Waals surface area contributed by atoms with Gasteiger partial charge in [0.1, 0.15) is 5.82 Å². The van der Waals surface area contributed by atoms with E-state index in [0.717, 1.165) is 56.4 Å². The lowest BCUT2D eigenvalue weighted by Crippen LogP contribution is -2.57. The lowest BCUT2D eigenvalue weighted by molar-refractivity contribution is 0.00850. The Morgan fingerprint density at radius 2 is 1.76 bits per heavy atom. The summed E-state index contributed by atoms with van der Waals surface area (Å²) in [7, 11) is 0. The van der Waals surface area contributed by atoms with E-state index in [1.165, 1.54) is 18.7 Å². The maximum atomic E-state index is 4.85. The van der Waals surface area contributed by atoms with E-state index in [4.69, 9.17) is 9.97 Å². The molecule has 2 bridgehead atoms. The lowest BCUT2D eigenvalue weighted by Gasteiger charge is -2.46. The van der Waals surface area contributed by atoms with E-state index < -0.39 is 0 Å². The van der Waals surface area contributed by atoms with Crippen LogP contribution in [0.4, 0.5) is 0 Å². The van der Waals surface area contributed by atoms with Gasteiger partial charge in [0, 0.05) is 44.1 Å². The summed E-state index contributed by atoms with van der Waals surface area (Å²) in [6.45, 7) is 14.3. The van der Waals surface area contributed by atoms with Crippen LogP contribution in [0, 0.1) is 13.8 Å². The first kappa shape index (κ1) is 14.9. The molecule has 4 rings (SSSR count). The number of hydrogen-bond acceptors (Lipinski definition) is 5. The van der Waals surface area contributed by atoms with Crippen LogP contribution in [-0.4, -0.2) is 65.6 Å². The van der Waals surface area contributed by atoms with Gasteiger partial charge in [0.2, 0.25) is 0 Å². The molecule has 0 amide bonds. The molecule has 0 aliphatic carbocycles. The van der Waals surface area contributed by atoms with Gasteiger partial charge in [-0.05, 0) is 38.9 Å². The highest BCUT2D eigenvalue weighted by Crippen LogP contribution is 2.27. The fourth-order valence-corrected chi connectivity index (χ4v) is 3.53. The number of aromatic nitrogens is 2. The van der Waals surface area contributed by atoms with Crippen LogP contribution in [0.15, 0.2) is 0 Å².